The minimum absolute atomic E-state index is 0.0646. The Labute approximate surface area is 122 Å². The van der Waals surface area contributed by atoms with Gasteiger partial charge in [-0.1, -0.05) is 13.8 Å². The fourth-order valence-corrected chi connectivity index (χ4v) is 1.97. The fraction of sp³-hybridized carbons (Fsp3) is 0.333. The number of ether oxygens (including phenoxy) is 2. The SMILES string of the molecule is COc1ccc(OC)c(-c2nc(C(C)C)c(C(=O)O)o2)c1. The molecule has 0 amide bonds. The Morgan fingerprint density at radius 2 is 2.00 bits per heavy atom. The van der Waals surface area contributed by atoms with Gasteiger partial charge in [-0.3, -0.25) is 0 Å². The van der Waals surface area contributed by atoms with Crippen molar-refractivity contribution in [3.8, 4) is 23.0 Å². The maximum Gasteiger partial charge on any atom is 0.373 e. The minimum Gasteiger partial charge on any atom is -0.497 e. The van der Waals surface area contributed by atoms with Crippen LogP contribution in [0.15, 0.2) is 22.6 Å². The van der Waals surface area contributed by atoms with Gasteiger partial charge in [-0.15, -0.1) is 0 Å². The number of hydrogen-bond acceptors (Lipinski definition) is 5. The van der Waals surface area contributed by atoms with Crippen molar-refractivity contribution < 1.29 is 23.8 Å². The van der Waals surface area contributed by atoms with E-state index in [0.717, 1.165) is 0 Å². The molecule has 2 rings (SSSR count). The molecule has 0 bridgehead atoms. The van der Waals surface area contributed by atoms with Crippen LogP contribution in [0.5, 0.6) is 11.5 Å². The Balaban J connectivity index is 2.61. The molecule has 0 aliphatic carbocycles. The highest BCUT2D eigenvalue weighted by atomic mass is 16.5. The molecule has 0 fully saturated rings. The summed E-state index contributed by atoms with van der Waals surface area (Å²) < 4.78 is 15.9. The van der Waals surface area contributed by atoms with Gasteiger partial charge in [0.15, 0.2) is 0 Å². The largest absolute Gasteiger partial charge is 0.497 e. The average molecular weight is 291 g/mol. The summed E-state index contributed by atoms with van der Waals surface area (Å²) >= 11 is 0. The van der Waals surface area contributed by atoms with Gasteiger partial charge in [0.25, 0.3) is 0 Å². The number of aromatic carboxylic acids is 1. The molecule has 0 radical (unpaired) electrons. The van der Waals surface area contributed by atoms with Gasteiger partial charge in [0.2, 0.25) is 11.7 Å². The van der Waals surface area contributed by atoms with Crippen LogP contribution in [0.3, 0.4) is 0 Å². The van der Waals surface area contributed by atoms with Crippen LogP contribution in [0, 0.1) is 0 Å². The van der Waals surface area contributed by atoms with Crippen LogP contribution in [0.25, 0.3) is 11.5 Å². The number of benzene rings is 1. The van der Waals surface area contributed by atoms with Crippen molar-refractivity contribution in [2.24, 2.45) is 0 Å². The van der Waals surface area contributed by atoms with E-state index in [1.807, 2.05) is 13.8 Å². The van der Waals surface area contributed by atoms with E-state index in [0.29, 0.717) is 22.8 Å². The standard InChI is InChI=1S/C15H17NO5/c1-8(2)12-13(15(17)18)21-14(16-12)10-7-9(19-3)5-6-11(10)20-4/h5-8H,1-4H3,(H,17,18). The number of carboxylic acids is 1. The first kappa shape index (κ1) is 14.9. The third-order valence-corrected chi connectivity index (χ3v) is 3.03. The first-order valence-electron chi connectivity index (χ1n) is 6.44. The lowest BCUT2D eigenvalue weighted by Gasteiger charge is -2.07. The molecule has 0 spiro atoms. The molecule has 2 aromatic rings. The summed E-state index contributed by atoms with van der Waals surface area (Å²) in [6.07, 6.45) is 0. The maximum atomic E-state index is 11.3. The highest BCUT2D eigenvalue weighted by molar-refractivity contribution is 5.86. The van der Waals surface area contributed by atoms with Crippen LogP contribution in [0.4, 0.5) is 0 Å². The van der Waals surface area contributed by atoms with Crippen LogP contribution in [0.1, 0.15) is 36.0 Å². The van der Waals surface area contributed by atoms with Crippen LogP contribution in [0.2, 0.25) is 0 Å². The summed E-state index contributed by atoms with van der Waals surface area (Å²) in [6, 6.07) is 5.15. The average Bonchev–Trinajstić information content (AvgIpc) is 2.92. The molecule has 21 heavy (non-hydrogen) atoms. The second-order valence-corrected chi connectivity index (χ2v) is 4.76. The molecule has 1 heterocycles. The normalized spacial score (nSPS) is 10.7. The molecule has 112 valence electrons. The first-order chi connectivity index (χ1) is 9.97. The van der Waals surface area contributed by atoms with Crippen molar-refractivity contribution in [2.75, 3.05) is 14.2 Å². The van der Waals surface area contributed by atoms with Gasteiger partial charge in [0.05, 0.1) is 25.5 Å². The predicted octanol–water partition coefficient (Wildman–Crippen LogP) is 3.18. The molecule has 0 saturated carbocycles. The molecule has 6 heteroatoms. The third kappa shape index (κ3) is 2.84. The second kappa shape index (κ2) is 5.87. The molecular formula is C15H17NO5. The molecule has 1 aromatic carbocycles. The topological polar surface area (TPSA) is 81.8 Å². The fourth-order valence-electron chi connectivity index (χ4n) is 1.97. The number of carboxylic acid groups (broad SMARTS) is 1. The van der Waals surface area contributed by atoms with E-state index < -0.39 is 5.97 Å². The highest BCUT2D eigenvalue weighted by Crippen LogP contribution is 2.35. The van der Waals surface area contributed by atoms with E-state index in [1.54, 1.807) is 25.3 Å². The quantitative estimate of drug-likeness (QED) is 0.911. The van der Waals surface area contributed by atoms with E-state index in [2.05, 4.69) is 4.98 Å². The lowest BCUT2D eigenvalue weighted by molar-refractivity contribution is 0.0661. The van der Waals surface area contributed by atoms with Crippen molar-refractivity contribution in [2.45, 2.75) is 19.8 Å². The number of hydrogen-bond donors (Lipinski definition) is 1. The number of methoxy groups -OCH3 is 2. The monoisotopic (exact) mass is 291 g/mol. The zero-order chi connectivity index (χ0) is 15.6. The Morgan fingerprint density at radius 3 is 2.48 bits per heavy atom. The Bertz CT molecular complexity index is 660. The zero-order valence-corrected chi connectivity index (χ0v) is 12.3. The number of rotatable bonds is 5. The van der Waals surface area contributed by atoms with Gasteiger partial charge in [-0.05, 0) is 24.1 Å². The molecule has 1 N–H and O–H groups in total. The van der Waals surface area contributed by atoms with Gasteiger partial charge in [0.1, 0.15) is 11.5 Å². The summed E-state index contributed by atoms with van der Waals surface area (Å²) in [6.45, 7) is 3.72. The maximum absolute atomic E-state index is 11.3. The van der Waals surface area contributed by atoms with Gasteiger partial charge in [-0.25, -0.2) is 9.78 Å². The summed E-state index contributed by atoms with van der Waals surface area (Å²) in [4.78, 5) is 15.6. The van der Waals surface area contributed by atoms with E-state index in [1.165, 1.54) is 7.11 Å². The summed E-state index contributed by atoms with van der Waals surface area (Å²) in [5.74, 6) is -0.0162. The summed E-state index contributed by atoms with van der Waals surface area (Å²) in [5, 5.41) is 9.21. The summed E-state index contributed by atoms with van der Waals surface area (Å²) in [5.41, 5.74) is 0.952. The van der Waals surface area contributed by atoms with Gasteiger partial charge in [-0.2, -0.15) is 0 Å². The lowest BCUT2D eigenvalue weighted by atomic mass is 10.1. The van der Waals surface area contributed by atoms with Crippen molar-refractivity contribution in [1.82, 2.24) is 4.98 Å². The van der Waals surface area contributed by atoms with Gasteiger partial charge in [0, 0.05) is 0 Å². The number of nitrogens with zero attached hydrogens (tertiary/aromatic N) is 1. The first-order valence-corrected chi connectivity index (χ1v) is 6.44. The van der Waals surface area contributed by atoms with Crippen molar-refractivity contribution >= 4 is 5.97 Å². The number of oxazole rings is 1. The van der Waals surface area contributed by atoms with Crippen LogP contribution < -0.4 is 9.47 Å². The Kier molecular flexibility index (Phi) is 4.16. The third-order valence-electron chi connectivity index (χ3n) is 3.03. The predicted molar refractivity (Wildman–Crippen MR) is 76.1 cm³/mol. The second-order valence-electron chi connectivity index (χ2n) is 4.76. The van der Waals surface area contributed by atoms with Crippen molar-refractivity contribution in [1.29, 1.82) is 0 Å². The molecule has 0 saturated heterocycles. The smallest absolute Gasteiger partial charge is 0.373 e. The van der Waals surface area contributed by atoms with E-state index in [-0.39, 0.29) is 17.6 Å². The summed E-state index contributed by atoms with van der Waals surface area (Å²) in [7, 11) is 3.07. The molecule has 0 aliphatic rings. The van der Waals surface area contributed by atoms with Crippen LogP contribution in [-0.2, 0) is 0 Å². The molecule has 0 aliphatic heterocycles. The molecule has 0 unspecified atom stereocenters. The minimum atomic E-state index is -1.14. The molecule has 0 atom stereocenters. The number of aromatic nitrogens is 1. The lowest BCUT2D eigenvalue weighted by Crippen LogP contribution is -2.01. The Hall–Kier alpha value is -2.50. The van der Waals surface area contributed by atoms with Crippen LogP contribution in [-0.4, -0.2) is 30.3 Å². The highest BCUT2D eigenvalue weighted by Gasteiger charge is 2.24. The van der Waals surface area contributed by atoms with E-state index in [9.17, 15) is 9.90 Å². The van der Waals surface area contributed by atoms with E-state index >= 15 is 0 Å². The zero-order valence-electron chi connectivity index (χ0n) is 12.3. The van der Waals surface area contributed by atoms with Gasteiger partial charge >= 0.3 is 5.97 Å². The Morgan fingerprint density at radius 1 is 1.29 bits per heavy atom. The van der Waals surface area contributed by atoms with Crippen molar-refractivity contribution in [3.05, 3.63) is 29.7 Å². The number of carbonyl (C=O) groups is 1. The molecule has 1 aromatic heterocycles. The van der Waals surface area contributed by atoms with Gasteiger partial charge < -0.3 is 19.0 Å². The molecular weight excluding hydrogens is 274 g/mol. The van der Waals surface area contributed by atoms with Crippen molar-refractivity contribution in [3.63, 3.8) is 0 Å². The molecule has 6 nitrogen and oxygen atoms in total. The van der Waals surface area contributed by atoms with E-state index in [4.69, 9.17) is 13.9 Å². The van der Waals surface area contributed by atoms with Crippen LogP contribution >= 0.6 is 0 Å².